The van der Waals surface area contributed by atoms with E-state index in [4.69, 9.17) is 4.74 Å². The molecule has 4 rings (SSSR count). The lowest BCUT2D eigenvalue weighted by Crippen LogP contribution is -1.89. The van der Waals surface area contributed by atoms with Crippen LogP contribution in [0.4, 0.5) is 19.6 Å². The zero-order valence-corrected chi connectivity index (χ0v) is 16.0. The summed E-state index contributed by atoms with van der Waals surface area (Å²) in [7, 11) is 1.60. The van der Waals surface area contributed by atoms with Crippen LogP contribution in [0.1, 0.15) is 0 Å². The van der Waals surface area contributed by atoms with Gasteiger partial charge >= 0.3 is 0 Å². The van der Waals surface area contributed by atoms with Crippen LogP contribution in [0, 0.1) is 11.6 Å². The highest BCUT2D eigenvalue weighted by molar-refractivity contribution is 7.18. The Morgan fingerprint density at radius 2 is 1.72 bits per heavy atom. The highest BCUT2D eigenvalue weighted by Crippen LogP contribution is 2.37. The highest BCUT2D eigenvalue weighted by atomic mass is 32.1. The molecule has 0 aliphatic carbocycles. The standard InChI is InChI=1S/C21H15F2N3O2S/c1-28-15-6-4-14(5-7-15)24-21-26-25-20(29-21)17-10-12(2-9-19(17)27)16-8-3-13(22)11-18(16)23/h2-11,27H,1H3,(H,24,26). The third-order valence-electron chi connectivity index (χ3n) is 4.24. The minimum Gasteiger partial charge on any atom is -0.507 e. The number of rotatable bonds is 5. The molecule has 146 valence electrons. The van der Waals surface area contributed by atoms with Crippen LogP contribution in [0.25, 0.3) is 21.7 Å². The van der Waals surface area contributed by atoms with Gasteiger partial charge in [0, 0.05) is 17.3 Å². The lowest BCUT2D eigenvalue weighted by Gasteiger charge is -2.07. The summed E-state index contributed by atoms with van der Waals surface area (Å²) in [5, 5.41) is 22.6. The Morgan fingerprint density at radius 3 is 2.45 bits per heavy atom. The predicted octanol–water partition coefficient (Wildman–Crippen LogP) is 5.61. The number of hydrogen-bond acceptors (Lipinski definition) is 6. The van der Waals surface area contributed by atoms with E-state index in [0.717, 1.165) is 17.5 Å². The zero-order valence-electron chi connectivity index (χ0n) is 15.2. The monoisotopic (exact) mass is 411 g/mol. The smallest absolute Gasteiger partial charge is 0.210 e. The number of anilines is 2. The number of aromatic hydroxyl groups is 1. The lowest BCUT2D eigenvalue weighted by atomic mass is 10.0. The summed E-state index contributed by atoms with van der Waals surface area (Å²) in [6, 6.07) is 15.3. The summed E-state index contributed by atoms with van der Waals surface area (Å²) < 4.78 is 32.4. The first kappa shape index (κ1) is 18.8. The number of benzene rings is 3. The Bertz CT molecular complexity index is 1160. The molecule has 1 heterocycles. The minimum atomic E-state index is -0.680. The zero-order chi connectivity index (χ0) is 20.4. The van der Waals surface area contributed by atoms with E-state index in [1.54, 1.807) is 19.2 Å². The maximum Gasteiger partial charge on any atom is 0.210 e. The molecule has 29 heavy (non-hydrogen) atoms. The fourth-order valence-electron chi connectivity index (χ4n) is 2.78. The second kappa shape index (κ2) is 7.84. The van der Waals surface area contributed by atoms with Crippen LogP contribution < -0.4 is 10.1 Å². The molecule has 0 saturated heterocycles. The molecule has 0 radical (unpaired) electrons. The van der Waals surface area contributed by atoms with Crippen LogP contribution in [0.5, 0.6) is 11.5 Å². The maximum atomic E-state index is 14.1. The van der Waals surface area contributed by atoms with Gasteiger partial charge in [0.15, 0.2) is 5.01 Å². The molecular formula is C21H15F2N3O2S. The molecule has 2 N–H and O–H groups in total. The van der Waals surface area contributed by atoms with Gasteiger partial charge in [-0.05, 0) is 54.1 Å². The predicted molar refractivity (Wildman–Crippen MR) is 109 cm³/mol. The molecule has 0 aliphatic rings. The van der Waals surface area contributed by atoms with E-state index in [2.05, 4.69) is 15.5 Å². The first-order valence-electron chi connectivity index (χ1n) is 8.57. The van der Waals surface area contributed by atoms with Crippen LogP contribution in [0.3, 0.4) is 0 Å². The molecule has 0 bridgehead atoms. The second-order valence-electron chi connectivity index (χ2n) is 6.12. The number of nitrogens with one attached hydrogen (secondary N) is 1. The van der Waals surface area contributed by atoms with Crippen molar-refractivity contribution in [2.75, 3.05) is 12.4 Å². The first-order valence-corrected chi connectivity index (χ1v) is 9.38. The molecule has 0 unspecified atom stereocenters. The van der Waals surface area contributed by atoms with E-state index in [9.17, 15) is 13.9 Å². The molecule has 0 amide bonds. The molecule has 0 spiro atoms. The van der Waals surface area contributed by atoms with E-state index >= 15 is 0 Å². The number of methoxy groups -OCH3 is 1. The van der Waals surface area contributed by atoms with E-state index in [1.807, 2.05) is 24.3 Å². The number of ether oxygens (including phenoxy) is 1. The van der Waals surface area contributed by atoms with Crippen molar-refractivity contribution < 1.29 is 18.6 Å². The van der Waals surface area contributed by atoms with Gasteiger partial charge in [-0.2, -0.15) is 0 Å². The quantitative estimate of drug-likeness (QED) is 0.447. The maximum absolute atomic E-state index is 14.1. The number of phenolic OH excluding ortho intramolecular Hbond substituents is 1. The minimum absolute atomic E-state index is 0.0107. The van der Waals surface area contributed by atoms with Gasteiger partial charge in [0.1, 0.15) is 23.1 Å². The Kier molecular flexibility index (Phi) is 5.09. The van der Waals surface area contributed by atoms with Crippen molar-refractivity contribution in [3.05, 3.63) is 72.3 Å². The number of phenols is 1. The van der Waals surface area contributed by atoms with Crippen LogP contribution in [-0.4, -0.2) is 22.4 Å². The Hall–Kier alpha value is -3.52. The molecule has 0 atom stereocenters. The number of hydrogen-bond donors (Lipinski definition) is 2. The average Bonchev–Trinajstić information content (AvgIpc) is 3.17. The van der Waals surface area contributed by atoms with Crippen LogP contribution >= 0.6 is 11.3 Å². The third-order valence-corrected chi connectivity index (χ3v) is 5.11. The van der Waals surface area contributed by atoms with Crippen molar-refractivity contribution in [2.45, 2.75) is 0 Å². The van der Waals surface area contributed by atoms with Gasteiger partial charge in [-0.15, -0.1) is 10.2 Å². The Balaban J connectivity index is 1.63. The summed E-state index contributed by atoms with van der Waals surface area (Å²) in [4.78, 5) is 0. The van der Waals surface area contributed by atoms with Gasteiger partial charge in [-0.25, -0.2) is 8.78 Å². The molecule has 8 heteroatoms. The molecule has 5 nitrogen and oxygen atoms in total. The fraction of sp³-hybridized carbons (Fsp3) is 0.0476. The molecule has 3 aromatic carbocycles. The average molecular weight is 411 g/mol. The van der Waals surface area contributed by atoms with Gasteiger partial charge in [0.25, 0.3) is 0 Å². The number of aromatic nitrogens is 2. The van der Waals surface area contributed by atoms with Crippen molar-refractivity contribution in [1.82, 2.24) is 10.2 Å². The van der Waals surface area contributed by atoms with Crippen molar-refractivity contribution >= 4 is 22.2 Å². The van der Waals surface area contributed by atoms with Crippen LogP contribution in [0.2, 0.25) is 0 Å². The summed E-state index contributed by atoms with van der Waals surface area (Å²) in [5.74, 6) is -0.601. The third kappa shape index (κ3) is 4.02. The second-order valence-corrected chi connectivity index (χ2v) is 7.10. The van der Waals surface area contributed by atoms with Crippen molar-refractivity contribution in [3.8, 4) is 33.2 Å². The topological polar surface area (TPSA) is 67.3 Å². The number of nitrogens with zero attached hydrogens (tertiary/aromatic N) is 2. The Labute approximate surface area is 169 Å². The van der Waals surface area contributed by atoms with Gasteiger partial charge in [-0.1, -0.05) is 17.4 Å². The first-order chi connectivity index (χ1) is 14.0. The summed E-state index contributed by atoms with van der Waals surface area (Å²) in [6.45, 7) is 0. The fourth-order valence-corrected chi connectivity index (χ4v) is 3.57. The molecular weight excluding hydrogens is 396 g/mol. The van der Waals surface area contributed by atoms with Gasteiger partial charge in [0.2, 0.25) is 5.13 Å². The van der Waals surface area contributed by atoms with E-state index in [-0.39, 0.29) is 11.3 Å². The van der Waals surface area contributed by atoms with E-state index < -0.39 is 11.6 Å². The van der Waals surface area contributed by atoms with Gasteiger partial charge < -0.3 is 15.2 Å². The SMILES string of the molecule is COc1ccc(Nc2nnc(-c3cc(-c4ccc(F)cc4F)ccc3O)s2)cc1. The van der Waals surface area contributed by atoms with E-state index in [0.29, 0.717) is 21.3 Å². The largest absolute Gasteiger partial charge is 0.507 e. The molecule has 0 fully saturated rings. The normalized spacial score (nSPS) is 10.7. The highest BCUT2D eigenvalue weighted by Gasteiger charge is 2.14. The lowest BCUT2D eigenvalue weighted by molar-refractivity contribution is 0.415. The van der Waals surface area contributed by atoms with Gasteiger partial charge in [-0.3, -0.25) is 0 Å². The van der Waals surface area contributed by atoms with Crippen LogP contribution in [-0.2, 0) is 0 Å². The number of halogens is 2. The molecule has 4 aromatic rings. The Morgan fingerprint density at radius 1 is 0.931 bits per heavy atom. The van der Waals surface area contributed by atoms with Gasteiger partial charge in [0.05, 0.1) is 12.7 Å². The van der Waals surface area contributed by atoms with Crippen molar-refractivity contribution in [2.24, 2.45) is 0 Å². The summed E-state index contributed by atoms with van der Waals surface area (Å²) >= 11 is 1.24. The van der Waals surface area contributed by atoms with E-state index in [1.165, 1.54) is 29.5 Å². The summed E-state index contributed by atoms with van der Waals surface area (Å²) in [5.41, 5.74) is 1.94. The van der Waals surface area contributed by atoms with Crippen molar-refractivity contribution in [1.29, 1.82) is 0 Å². The van der Waals surface area contributed by atoms with Crippen LogP contribution in [0.15, 0.2) is 60.7 Å². The summed E-state index contributed by atoms with van der Waals surface area (Å²) in [6.07, 6.45) is 0. The molecule has 1 aromatic heterocycles. The van der Waals surface area contributed by atoms with Crippen molar-refractivity contribution in [3.63, 3.8) is 0 Å². The molecule has 0 aliphatic heterocycles. The molecule has 0 saturated carbocycles.